The molecule has 5 nitrogen and oxygen atoms in total. The van der Waals surface area contributed by atoms with E-state index in [4.69, 9.17) is 27.9 Å². The van der Waals surface area contributed by atoms with Crippen molar-refractivity contribution in [2.75, 3.05) is 32.0 Å². The molecule has 4 rings (SSSR count). The fourth-order valence-corrected chi connectivity index (χ4v) is 4.99. The van der Waals surface area contributed by atoms with Gasteiger partial charge in [-0.1, -0.05) is 41.4 Å². The van der Waals surface area contributed by atoms with Crippen molar-refractivity contribution in [2.24, 2.45) is 5.92 Å². The Hall–Kier alpha value is -1.95. The molecule has 1 heterocycles. The van der Waals surface area contributed by atoms with Gasteiger partial charge in [-0.25, -0.2) is 4.79 Å². The Morgan fingerprint density at radius 2 is 1.91 bits per heavy atom. The molecule has 0 bridgehead atoms. The molecule has 1 saturated heterocycles. The van der Waals surface area contributed by atoms with Crippen LogP contribution in [-0.2, 0) is 6.54 Å². The normalized spacial score (nSPS) is 20.6. The van der Waals surface area contributed by atoms with Crippen molar-refractivity contribution >= 4 is 34.9 Å². The van der Waals surface area contributed by atoms with Crippen molar-refractivity contribution in [1.82, 2.24) is 9.80 Å². The summed E-state index contributed by atoms with van der Waals surface area (Å²) >= 11 is 12.7. The van der Waals surface area contributed by atoms with Gasteiger partial charge in [0.15, 0.2) is 0 Å². The second-order valence-electron chi connectivity index (χ2n) is 9.06. The van der Waals surface area contributed by atoms with E-state index in [-0.39, 0.29) is 12.1 Å². The van der Waals surface area contributed by atoms with E-state index in [2.05, 4.69) is 16.3 Å². The van der Waals surface area contributed by atoms with Crippen LogP contribution in [0.25, 0.3) is 0 Å². The summed E-state index contributed by atoms with van der Waals surface area (Å²) in [5, 5.41) is 4.25. The number of carbonyl (C=O) groups excluding carboxylic acids is 1. The summed E-state index contributed by atoms with van der Waals surface area (Å²) in [6.45, 7) is 5.84. The number of halogens is 2. The molecule has 0 aromatic heterocycles. The van der Waals surface area contributed by atoms with Crippen LogP contribution in [0.2, 0.25) is 10.0 Å². The van der Waals surface area contributed by atoms with Crippen molar-refractivity contribution in [3.63, 3.8) is 0 Å². The van der Waals surface area contributed by atoms with Gasteiger partial charge in [0.25, 0.3) is 0 Å². The molecule has 7 heteroatoms. The SMILES string of the molecule is Cc1cccc(Cl)c1NC(=O)N(C)CC1CC(Oc2ccc(CN3CCCC3)c(Cl)c2)C1. The van der Waals surface area contributed by atoms with Crippen LogP contribution >= 0.6 is 23.2 Å². The summed E-state index contributed by atoms with van der Waals surface area (Å²) in [5.74, 6) is 1.25. The third kappa shape index (κ3) is 5.69. The van der Waals surface area contributed by atoms with Crippen molar-refractivity contribution < 1.29 is 9.53 Å². The lowest BCUT2D eigenvalue weighted by molar-refractivity contribution is 0.0532. The first kappa shape index (κ1) is 23.2. The zero-order valence-corrected chi connectivity index (χ0v) is 20.3. The number of amides is 2. The molecule has 0 spiro atoms. The maximum absolute atomic E-state index is 12.6. The summed E-state index contributed by atoms with van der Waals surface area (Å²) < 4.78 is 6.12. The van der Waals surface area contributed by atoms with Crippen LogP contribution in [0.1, 0.15) is 36.8 Å². The minimum Gasteiger partial charge on any atom is -0.490 e. The number of aryl methyl sites for hydroxylation is 1. The van der Waals surface area contributed by atoms with E-state index in [1.807, 2.05) is 38.2 Å². The van der Waals surface area contributed by atoms with Gasteiger partial charge in [0.05, 0.1) is 16.8 Å². The van der Waals surface area contributed by atoms with Gasteiger partial charge in [-0.15, -0.1) is 0 Å². The van der Waals surface area contributed by atoms with E-state index in [1.54, 1.807) is 11.0 Å². The first-order chi connectivity index (χ1) is 15.4. The molecule has 2 amide bonds. The molecule has 32 heavy (non-hydrogen) atoms. The zero-order chi connectivity index (χ0) is 22.7. The number of benzene rings is 2. The molecule has 1 aliphatic heterocycles. The van der Waals surface area contributed by atoms with Gasteiger partial charge < -0.3 is 15.0 Å². The molecule has 1 saturated carbocycles. The van der Waals surface area contributed by atoms with Crippen LogP contribution in [0.4, 0.5) is 10.5 Å². The molecule has 172 valence electrons. The number of rotatable bonds is 7. The predicted molar refractivity (Wildman–Crippen MR) is 131 cm³/mol. The van der Waals surface area contributed by atoms with Crippen LogP contribution in [0.5, 0.6) is 5.75 Å². The molecule has 0 atom stereocenters. The Morgan fingerprint density at radius 3 is 2.59 bits per heavy atom. The molecule has 2 aromatic carbocycles. The van der Waals surface area contributed by atoms with Crippen molar-refractivity contribution in [3.05, 3.63) is 57.6 Å². The van der Waals surface area contributed by atoms with Gasteiger partial charge in [-0.05, 0) is 80.9 Å². The lowest BCUT2D eigenvalue weighted by atomic mass is 9.82. The molecule has 0 radical (unpaired) electrons. The topological polar surface area (TPSA) is 44.8 Å². The second kappa shape index (κ2) is 10.3. The van der Waals surface area contributed by atoms with E-state index in [0.29, 0.717) is 23.2 Å². The minimum atomic E-state index is -0.147. The monoisotopic (exact) mass is 475 g/mol. The fourth-order valence-electron chi connectivity index (χ4n) is 4.49. The van der Waals surface area contributed by atoms with Crippen LogP contribution in [0.3, 0.4) is 0 Å². The highest BCUT2D eigenvalue weighted by Gasteiger charge is 2.32. The fraction of sp³-hybridized carbons (Fsp3) is 0.480. The first-order valence-corrected chi connectivity index (χ1v) is 12.1. The number of nitrogens with one attached hydrogen (secondary N) is 1. The standard InChI is InChI=1S/C25H31Cl2N3O2/c1-17-6-5-7-22(26)24(17)28-25(31)29(2)15-18-12-21(13-18)32-20-9-8-19(23(27)14-20)16-30-10-3-4-11-30/h5-9,14,18,21H,3-4,10-13,15-16H2,1-2H3,(H,28,31). The molecule has 1 aliphatic carbocycles. The van der Waals surface area contributed by atoms with Crippen molar-refractivity contribution in [2.45, 2.75) is 45.3 Å². The molecular weight excluding hydrogens is 445 g/mol. The number of carbonyl (C=O) groups is 1. The number of nitrogens with zero attached hydrogens (tertiary/aromatic N) is 2. The summed E-state index contributed by atoms with van der Waals surface area (Å²) in [6, 6.07) is 11.5. The number of hydrogen-bond donors (Lipinski definition) is 1. The number of ether oxygens (including phenoxy) is 1. The lowest BCUT2D eigenvalue weighted by Crippen LogP contribution is -2.43. The average Bonchev–Trinajstić information content (AvgIpc) is 3.24. The summed E-state index contributed by atoms with van der Waals surface area (Å²) in [5.41, 5.74) is 2.78. The van der Waals surface area contributed by atoms with Gasteiger partial charge in [0.2, 0.25) is 0 Å². The van der Waals surface area contributed by atoms with E-state index >= 15 is 0 Å². The lowest BCUT2D eigenvalue weighted by Gasteiger charge is -2.37. The summed E-state index contributed by atoms with van der Waals surface area (Å²) in [7, 11) is 1.81. The molecule has 2 aliphatic rings. The Labute approximate surface area is 200 Å². The van der Waals surface area contributed by atoms with Gasteiger partial charge in [0, 0.05) is 25.2 Å². The molecule has 0 unspecified atom stereocenters. The first-order valence-electron chi connectivity index (χ1n) is 11.3. The highest BCUT2D eigenvalue weighted by Crippen LogP contribution is 2.34. The Morgan fingerprint density at radius 1 is 1.16 bits per heavy atom. The smallest absolute Gasteiger partial charge is 0.321 e. The van der Waals surface area contributed by atoms with E-state index < -0.39 is 0 Å². The third-order valence-electron chi connectivity index (χ3n) is 6.44. The molecule has 2 fully saturated rings. The van der Waals surface area contributed by atoms with Crippen molar-refractivity contribution in [1.29, 1.82) is 0 Å². The van der Waals surface area contributed by atoms with Crippen molar-refractivity contribution in [3.8, 4) is 5.75 Å². The molecule has 2 aromatic rings. The van der Waals surface area contributed by atoms with Gasteiger partial charge >= 0.3 is 6.03 Å². The van der Waals surface area contributed by atoms with Gasteiger partial charge in [-0.2, -0.15) is 0 Å². The Balaban J connectivity index is 1.22. The Bertz CT molecular complexity index is 936. The molecular formula is C25H31Cl2N3O2. The van der Waals surface area contributed by atoms with E-state index in [1.165, 1.54) is 12.8 Å². The summed E-state index contributed by atoms with van der Waals surface area (Å²) in [6.07, 6.45) is 4.57. The highest BCUT2D eigenvalue weighted by molar-refractivity contribution is 6.33. The number of likely N-dealkylation sites (tertiary alicyclic amines) is 1. The zero-order valence-electron chi connectivity index (χ0n) is 18.7. The number of anilines is 1. The second-order valence-corrected chi connectivity index (χ2v) is 9.87. The van der Waals surface area contributed by atoms with Crippen LogP contribution in [0.15, 0.2) is 36.4 Å². The maximum Gasteiger partial charge on any atom is 0.321 e. The van der Waals surface area contributed by atoms with Gasteiger partial charge in [0.1, 0.15) is 5.75 Å². The van der Waals surface area contributed by atoms with Crippen LogP contribution in [-0.4, -0.2) is 48.6 Å². The third-order valence-corrected chi connectivity index (χ3v) is 7.11. The Kier molecular flexibility index (Phi) is 7.49. The van der Waals surface area contributed by atoms with E-state index in [9.17, 15) is 4.79 Å². The van der Waals surface area contributed by atoms with E-state index in [0.717, 1.165) is 54.4 Å². The van der Waals surface area contributed by atoms with Crippen LogP contribution < -0.4 is 10.1 Å². The quantitative estimate of drug-likeness (QED) is 0.516. The predicted octanol–water partition coefficient (Wildman–Crippen LogP) is 6.22. The minimum absolute atomic E-state index is 0.147. The molecule has 1 N–H and O–H groups in total. The maximum atomic E-state index is 12.6. The largest absolute Gasteiger partial charge is 0.490 e. The number of para-hydroxylation sites is 1. The van der Waals surface area contributed by atoms with Crippen LogP contribution in [0, 0.1) is 12.8 Å². The summed E-state index contributed by atoms with van der Waals surface area (Å²) in [4.78, 5) is 16.7. The van der Waals surface area contributed by atoms with Gasteiger partial charge in [-0.3, -0.25) is 4.90 Å². The number of hydrogen-bond acceptors (Lipinski definition) is 3. The average molecular weight is 476 g/mol. The highest BCUT2D eigenvalue weighted by atomic mass is 35.5. The number of urea groups is 1.